The Morgan fingerprint density at radius 3 is 2.26 bits per heavy atom. The Labute approximate surface area is 117 Å². The third-order valence-corrected chi connectivity index (χ3v) is 3.54. The predicted molar refractivity (Wildman–Crippen MR) is 87.2 cm³/mol. The highest BCUT2D eigenvalue weighted by molar-refractivity contribution is 5.77. The minimum Gasteiger partial charge on any atom is -0.398 e. The number of allylic oxidation sites excluding steroid dienone is 1. The molecule has 1 atom stereocenters. The summed E-state index contributed by atoms with van der Waals surface area (Å²) < 4.78 is 0. The van der Waals surface area contributed by atoms with E-state index in [9.17, 15) is 0 Å². The molecule has 1 aromatic carbocycles. The summed E-state index contributed by atoms with van der Waals surface area (Å²) in [6.45, 7) is 12.9. The lowest BCUT2D eigenvalue weighted by Gasteiger charge is -2.21. The van der Waals surface area contributed by atoms with Crippen molar-refractivity contribution < 1.29 is 0 Å². The normalized spacial score (nSPS) is 12.6. The van der Waals surface area contributed by atoms with Crippen LogP contribution in [0.2, 0.25) is 0 Å². The van der Waals surface area contributed by atoms with Gasteiger partial charge in [-0.05, 0) is 56.2 Å². The monoisotopic (exact) mass is 260 g/mol. The zero-order chi connectivity index (χ0) is 14.7. The van der Waals surface area contributed by atoms with Crippen LogP contribution in [0, 0.1) is 12.8 Å². The van der Waals surface area contributed by atoms with Gasteiger partial charge < -0.3 is 11.5 Å². The fourth-order valence-corrected chi connectivity index (χ4v) is 2.56. The standard InChI is InChI=1S/C17H28N2/c1-10(2)7-12(5)14-9-16(18)13(6)17(19)15(14)8-11(3)4/h8-10,12H,7,18-19H2,1-6H3. The summed E-state index contributed by atoms with van der Waals surface area (Å²) in [7, 11) is 0. The Bertz CT molecular complexity index is 481. The van der Waals surface area contributed by atoms with Gasteiger partial charge >= 0.3 is 0 Å². The lowest BCUT2D eigenvalue weighted by atomic mass is 9.86. The fraction of sp³-hybridized carbons (Fsp3) is 0.529. The quantitative estimate of drug-likeness (QED) is 0.769. The molecule has 0 radical (unpaired) electrons. The van der Waals surface area contributed by atoms with E-state index < -0.39 is 0 Å². The summed E-state index contributed by atoms with van der Waals surface area (Å²) >= 11 is 0. The van der Waals surface area contributed by atoms with Crippen LogP contribution in [0.4, 0.5) is 11.4 Å². The van der Waals surface area contributed by atoms with Crippen LogP contribution in [0.5, 0.6) is 0 Å². The summed E-state index contributed by atoms with van der Waals surface area (Å²) in [6.07, 6.45) is 3.32. The number of hydrogen-bond acceptors (Lipinski definition) is 2. The molecule has 1 aromatic rings. The van der Waals surface area contributed by atoms with E-state index in [1.54, 1.807) is 0 Å². The Hall–Kier alpha value is -1.44. The molecule has 2 nitrogen and oxygen atoms in total. The van der Waals surface area contributed by atoms with Crippen molar-refractivity contribution in [2.45, 2.75) is 53.9 Å². The number of nitrogens with two attached hydrogens (primary N) is 2. The van der Waals surface area contributed by atoms with Crippen molar-refractivity contribution in [2.75, 3.05) is 11.5 Å². The summed E-state index contributed by atoms with van der Waals surface area (Å²) in [5.74, 6) is 1.13. The molecule has 0 amide bonds. The van der Waals surface area contributed by atoms with Crippen LogP contribution in [-0.2, 0) is 0 Å². The summed E-state index contributed by atoms with van der Waals surface area (Å²) in [6, 6.07) is 2.10. The van der Waals surface area contributed by atoms with E-state index in [0.29, 0.717) is 11.8 Å². The molecule has 0 bridgehead atoms. The average molecular weight is 260 g/mol. The predicted octanol–water partition coefficient (Wildman–Crippen LogP) is 4.73. The highest BCUT2D eigenvalue weighted by Crippen LogP contribution is 2.35. The molecular formula is C17H28N2. The van der Waals surface area contributed by atoms with Gasteiger partial charge in [-0.15, -0.1) is 0 Å². The van der Waals surface area contributed by atoms with Crippen molar-refractivity contribution in [2.24, 2.45) is 5.92 Å². The van der Waals surface area contributed by atoms with Crippen molar-refractivity contribution >= 4 is 17.5 Å². The largest absolute Gasteiger partial charge is 0.398 e. The number of rotatable bonds is 4. The molecule has 0 aliphatic carbocycles. The molecule has 1 rings (SSSR count). The second kappa shape index (κ2) is 6.14. The zero-order valence-corrected chi connectivity index (χ0v) is 13.2. The highest BCUT2D eigenvalue weighted by Gasteiger charge is 2.16. The first-order valence-corrected chi connectivity index (χ1v) is 7.07. The maximum atomic E-state index is 6.28. The molecular weight excluding hydrogens is 232 g/mol. The summed E-state index contributed by atoms with van der Waals surface area (Å²) in [5.41, 5.74) is 18.7. The van der Waals surface area contributed by atoms with Crippen molar-refractivity contribution in [1.82, 2.24) is 0 Å². The molecule has 2 heteroatoms. The molecule has 0 saturated heterocycles. The van der Waals surface area contributed by atoms with Crippen molar-refractivity contribution in [1.29, 1.82) is 0 Å². The minimum absolute atomic E-state index is 0.468. The Kier molecular flexibility index (Phi) is 5.04. The Balaban J connectivity index is 3.40. The molecule has 0 heterocycles. The van der Waals surface area contributed by atoms with Gasteiger partial charge in [0.1, 0.15) is 0 Å². The SMILES string of the molecule is CC(C)=Cc1c(C(C)CC(C)C)cc(N)c(C)c1N. The third-order valence-electron chi connectivity index (χ3n) is 3.54. The van der Waals surface area contributed by atoms with Crippen LogP contribution in [0.1, 0.15) is 63.6 Å². The molecule has 0 aliphatic heterocycles. The van der Waals surface area contributed by atoms with E-state index in [4.69, 9.17) is 11.5 Å². The van der Waals surface area contributed by atoms with E-state index in [1.165, 1.54) is 11.1 Å². The van der Waals surface area contributed by atoms with Gasteiger partial charge in [0.05, 0.1) is 0 Å². The number of hydrogen-bond donors (Lipinski definition) is 2. The van der Waals surface area contributed by atoms with Crippen LogP contribution >= 0.6 is 0 Å². The van der Waals surface area contributed by atoms with Crippen molar-refractivity contribution in [3.05, 3.63) is 28.3 Å². The van der Waals surface area contributed by atoms with Crippen LogP contribution in [0.25, 0.3) is 6.08 Å². The minimum atomic E-state index is 0.468. The number of benzene rings is 1. The van der Waals surface area contributed by atoms with Gasteiger partial charge in [0.15, 0.2) is 0 Å². The van der Waals surface area contributed by atoms with E-state index in [2.05, 4.69) is 46.8 Å². The molecule has 106 valence electrons. The van der Waals surface area contributed by atoms with Crippen LogP contribution in [0.15, 0.2) is 11.6 Å². The molecule has 0 fully saturated rings. The van der Waals surface area contributed by atoms with Gasteiger partial charge in [0.2, 0.25) is 0 Å². The number of anilines is 2. The van der Waals surface area contributed by atoms with Gasteiger partial charge in [0, 0.05) is 16.9 Å². The van der Waals surface area contributed by atoms with E-state index in [-0.39, 0.29) is 0 Å². The van der Waals surface area contributed by atoms with Gasteiger partial charge in [0.25, 0.3) is 0 Å². The Morgan fingerprint density at radius 2 is 1.79 bits per heavy atom. The molecule has 1 unspecified atom stereocenters. The van der Waals surface area contributed by atoms with E-state index in [0.717, 1.165) is 28.9 Å². The van der Waals surface area contributed by atoms with Gasteiger partial charge in [-0.25, -0.2) is 0 Å². The molecule has 0 saturated carbocycles. The number of nitrogen functional groups attached to an aromatic ring is 2. The first-order valence-electron chi connectivity index (χ1n) is 7.07. The van der Waals surface area contributed by atoms with Gasteiger partial charge in [-0.1, -0.05) is 32.4 Å². The first-order chi connectivity index (χ1) is 8.73. The van der Waals surface area contributed by atoms with Gasteiger partial charge in [-0.3, -0.25) is 0 Å². The molecule has 0 aromatic heterocycles. The van der Waals surface area contributed by atoms with Crippen LogP contribution < -0.4 is 11.5 Å². The van der Waals surface area contributed by atoms with Crippen molar-refractivity contribution in [3.63, 3.8) is 0 Å². The maximum absolute atomic E-state index is 6.28. The van der Waals surface area contributed by atoms with Crippen LogP contribution in [0.3, 0.4) is 0 Å². The van der Waals surface area contributed by atoms with E-state index >= 15 is 0 Å². The third kappa shape index (κ3) is 3.76. The summed E-state index contributed by atoms with van der Waals surface area (Å²) in [4.78, 5) is 0. The lowest BCUT2D eigenvalue weighted by molar-refractivity contribution is 0.523. The smallest absolute Gasteiger partial charge is 0.0440 e. The second-order valence-corrected chi connectivity index (χ2v) is 6.26. The topological polar surface area (TPSA) is 52.0 Å². The lowest BCUT2D eigenvalue weighted by Crippen LogP contribution is -2.07. The van der Waals surface area contributed by atoms with Crippen molar-refractivity contribution in [3.8, 4) is 0 Å². The Morgan fingerprint density at radius 1 is 1.21 bits per heavy atom. The molecule has 19 heavy (non-hydrogen) atoms. The van der Waals surface area contributed by atoms with E-state index in [1.807, 2.05) is 6.92 Å². The first kappa shape index (κ1) is 15.6. The molecule has 0 aliphatic rings. The fourth-order valence-electron chi connectivity index (χ4n) is 2.56. The van der Waals surface area contributed by atoms with Gasteiger partial charge in [-0.2, -0.15) is 0 Å². The zero-order valence-electron chi connectivity index (χ0n) is 13.2. The molecule has 0 spiro atoms. The maximum Gasteiger partial charge on any atom is 0.0440 e. The summed E-state index contributed by atoms with van der Waals surface area (Å²) in [5, 5.41) is 0. The highest BCUT2D eigenvalue weighted by atomic mass is 14.6. The second-order valence-electron chi connectivity index (χ2n) is 6.26. The molecule has 4 N–H and O–H groups in total. The van der Waals surface area contributed by atoms with Crippen LogP contribution in [-0.4, -0.2) is 0 Å². The average Bonchev–Trinajstić information content (AvgIpc) is 2.28.